The smallest absolute Gasteiger partial charge is 0.221 e. The van der Waals surface area contributed by atoms with Crippen LogP contribution in [0.15, 0.2) is 4.99 Å². The average Bonchev–Trinajstić information content (AvgIpc) is 1.97. The van der Waals surface area contributed by atoms with Crippen molar-refractivity contribution in [2.24, 2.45) is 16.5 Å². The first kappa shape index (κ1) is 10.8. The molecule has 0 rings (SSSR count). The van der Waals surface area contributed by atoms with Gasteiger partial charge in [-0.25, -0.2) is 0 Å². The summed E-state index contributed by atoms with van der Waals surface area (Å²) in [6.07, 6.45) is 1.83. The molecule has 0 saturated carbocycles. The third-order valence-electron chi connectivity index (χ3n) is 1.06. The lowest BCUT2D eigenvalue weighted by atomic mass is 10.3. The molecule has 0 aliphatic rings. The summed E-state index contributed by atoms with van der Waals surface area (Å²) in [5.41, 5.74) is 10.5. The topological polar surface area (TPSA) is 67.6 Å². The van der Waals surface area contributed by atoms with Gasteiger partial charge in [-0.05, 0) is 19.4 Å². The molecule has 0 aromatic rings. The van der Waals surface area contributed by atoms with Gasteiger partial charge in [0.25, 0.3) is 0 Å². The first-order chi connectivity index (χ1) is 5.18. The largest absolute Gasteiger partial charge is 0.368 e. The third-order valence-corrected chi connectivity index (χ3v) is 1.41. The van der Waals surface area contributed by atoms with Gasteiger partial charge in [0.1, 0.15) is 0 Å². The number of guanidine groups is 1. The van der Waals surface area contributed by atoms with Gasteiger partial charge < -0.3 is 11.5 Å². The van der Waals surface area contributed by atoms with Crippen LogP contribution in [0.2, 0.25) is 0 Å². The quantitative estimate of drug-likeness (QED) is 0.302. The molecule has 0 aromatic carbocycles. The maximum atomic E-state index is 5.28. The van der Waals surface area contributed by atoms with Crippen molar-refractivity contribution in [1.29, 1.82) is 0 Å². The lowest BCUT2D eigenvalue weighted by molar-refractivity contribution is 0.750. The Hall–Kier alpha value is -0.190. The van der Waals surface area contributed by atoms with Gasteiger partial charge >= 0.3 is 0 Å². The van der Waals surface area contributed by atoms with Crippen LogP contribution in [0, 0.1) is 0 Å². The Bertz CT molecular complexity index is 126. The zero-order chi connectivity index (χ0) is 8.69. The van der Waals surface area contributed by atoms with Gasteiger partial charge in [-0.15, -0.1) is 0 Å². The zero-order valence-electron chi connectivity index (χ0n) is 6.13. The first-order valence-electron chi connectivity index (χ1n) is 3.30. The lowest BCUT2D eigenvalue weighted by Crippen LogP contribution is -2.22. The molecule has 0 fully saturated rings. The Morgan fingerprint density at radius 1 is 1.36 bits per heavy atom. The maximum absolute atomic E-state index is 5.28. The van der Waals surface area contributed by atoms with Crippen LogP contribution in [0.4, 0.5) is 0 Å². The van der Waals surface area contributed by atoms with E-state index in [0.29, 0.717) is 13.1 Å². The van der Waals surface area contributed by atoms with Crippen molar-refractivity contribution in [1.82, 2.24) is 3.94 Å². The molecule has 0 bridgehead atoms. The Kier molecular flexibility index (Phi) is 6.40. The van der Waals surface area contributed by atoms with Crippen LogP contribution in [-0.4, -0.2) is 23.0 Å². The van der Waals surface area contributed by atoms with Crippen LogP contribution in [0.1, 0.15) is 12.8 Å². The number of aliphatic imine (C=N–C) groups is 1. The molecular formula is C5H12Cl2N4. The monoisotopic (exact) mass is 198 g/mol. The van der Waals surface area contributed by atoms with Gasteiger partial charge in [0, 0.05) is 30.1 Å². The highest BCUT2D eigenvalue weighted by molar-refractivity contribution is 6.41. The molecule has 4 N–H and O–H groups in total. The van der Waals surface area contributed by atoms with E-state index in [2.05, 4.69) is 4.99 Å². The molecule has 0 unspecified atom stereocenters. The Morgan fingerprint density at radius 2 is 2.00 bits per heavy atom. The Morgan fingerprint density at radius 3 is 2.45 bits per heavy atom. The van der Waals surface area contributed by atoms with E-state index in [1.165, 1.54) is 0 Å². The van der Waals surface area contributed by atoms with Crippen molar-refractivity contribution < 1.29 is 0 Å². The fraction of sp³-hybridized carbons (Fsp3) is 0.800. The molecular weight excluding hydrogens is 187 g/mol. The maximum Gasteiger partial charge on any atom is 0.221 e. The van der Waals surface area contributed by atoms with E-state index in [4.69, 9.17) is 35.0 Å². The summed E-state index contributed by atoms with van der Waals surface area (Å²) in [4.78, 5) is 3.86. The summed E-state index contributed by atoms with van der Waals surface area (Å²) in [7, 11) is 0. The number of hydrogen-bond donors (Lipinski definition) is 2. The van der Waals surface area contributed by atoms with E-state index in [9.17, 15) is 0 Å². The van der Waals surface area contributed by atoms with E-state index in [1.807, 2.05) is 0 Å². The number of unbranched alkanes of at least 4 members (excludes halogenated alkanes) is 1. The van der Waals surface area contributed by atoms with Crippen molar-refractivity contribution >= 4 is 29.5 Å². The molecule has 0 aliphatic carbocycles. The molecule has 0 saturated heterocycles. The predicted molar refractivity (Wildman–Crippen MR) is 48.3 cm³/mol. The summed E-state index contributed by atoms with van der Waals surface area (Å²) < 4.78 is 0.739. The summed E-state index contributed by atoms with van der Waals surface area (Å²) in [5, 5.41) is 0. The van der Waals surface area contributed by atoms with Crippen molar-refractivity contribution in [3.8, 4) is 0 Å². The Labute approximate surface area is 76.4 Å². The first-order valence-corrected chi connectivity index (χ1v) is 3.97. The molecule has 0 amide bonds. The molecule has 0 aliphatic heterocycles. The highest BCUT2D eigenvalue weighted by atomic mass is 35.5. The molecule has 0 radical (unpaired) electrons. The molecule has 4 nitrogen and oxygen atoms in total. The molecule has 11 heavy (non-hydrogen) atoms. The Balaban J connectivity index is 3.40. The fourth-order valence-corrected chi connectivity index (χ4v) is 0.610. The van der Waals surface area contributed by atoms with E-state index in [-0.39, 0.29) is 5.96 Å². The second kappa shape index (κ2) is 6.52. The minimum absolute atomic E-state index is 0.116. The van der Waals surface area contributed by atoms with Crippen LogP contribution in [-0.2, 0) is 0 Å². The predicted octanol–water partition coefficient (Wildman–Crippen LogP) is 0.650. The zero-order valence-corrected chi connectivity index (χ0v) is 7.65. The summed E-state index contributed by atoms with van der Waals surface area (Å²) in [6.45, 7) is 1.28. The van der Waals surface area contributed by atoms with Crippen molar-refractivity contribution in [2.45, 2.75) is 12.8 Å². The van der Waals surface area contributed by atoms with Crippen molar-refractivity contribution in [3.63, 3.8) is 0 Å². The van der Waals surface area contributed by atoms with E-state index < -0.39 is 0 Å². The molecule has 66 valence electrons. The molecule has 6 heteroatoms. The van der Waals surface area contributed by atoms with E-state index in [1.54, 1.807) is 0 Å². The third kappa shape index (κ3) is 6.22. The second-order valence-corrected chi connectivity index (χ2v) is 2.82. The van der Waals surface area contributed by atoms with Crippen molar-refractivity contribution in [2.75, 3.05) is 13.1 Å². The second-order valence-electron chi connectivity index (χ2n) is 1.97. The van der Waals surface area contributed by atoms with Gasteiger partial charge in [-0.2, -0.15) is 3.94 Å². The number of rotatable bonds is 4. The van der Waals surface area contributed by atoms with E-state index in [0.717, 1.165) is 16.8 Å². The SMILES string of the molecule is NCCCCN=C(N)N(Cl)Cl. The van der Waals surface area contributed by atoms with Crippen LogP contribution >= 0.6 is 23.6 Å². The van der Waals surface area contributed by atoms with Crippen LogP contribution in [0.3, 0.4) is 0 Å². The number of nitrogens with two attached hydrogens (primary N) is 2. The molecule has 0 atom stereocenters. The minimum atomic E-state index is 0.116. The highest BCUT2D eigenvalue weighted by Gasteiger charge is 1.96. The summed E-state index contributed by atoms with van der Waals surface area (Å²) >= 11 is 10.5. The summed E-state index contributed by atoms with van der Waals surface area (Å²) in [6, 6.07) is 0. The average molecular weight is 199 g/mol. The summed E-state index contributed by atoms with van der Waals surface area (Å²) in [5.74, 6) is 0.116. The van der Waals surface area contributed by atoms with Gasteiger partial charge in [-0.3, -0.25) is 4.99 Å². The highest BCUT2D eigenvalue weighted by Crippen LogP contribution is 1.97. The van der Waals surface area contributed by atoms with Crippen LogP contribution in [0.25, 0.3) is 0 Å². The lowest BCUT2D eigenvalue weighted by Gasteiger charge is -2.02. The normalized spacial score (nSPS) is 11.7. The van der Waals surface area contributed by atoms with Gasteiger partial charge in [0.05, 0.1) is 0 Å². The molecule has 0 aromatic heterocycles. The van der Waals surface area contributed by atoms with E-state index >= 15 is 0 Å². The van der Waals surface area contributed by atoms with Crippen molar-refractivity contribution in [3.05, 3.63) is 0 Å². The number of halogens is 2. The standard InChI is InChI=1S/C5H12Cl2N4/c6-11(7)5(9)10-4-2-1-3-8/h1-4,8H2,(H2,9,10). The van der Waals surface area contributed by atoms with Crippen LogP contribution in [0.5, 0.6) is 0 Å². The van der Waals surface area contributed by atoms with Gasteiger partial charge in [-0.1, -0.05) is 0 Å². The number of nitrogens with zero attached hydrogens (tertiary/aromatic N) is 2. The van der Waals surface area contributed by atoms with Gasteiger partial charge in [0.15, 0.2) is 0 Å². The fourth-order valence-electron chi connectivity index (χ4n) is 0.503. The molecule has 0 heterocycles. The van der Waals surface area contributed by atoms with Gasteiger partial charge in [0.2, 0.25) is 5.96 Å². The van der Waals surface area contributed by atoms with Crippen LogP contribution < -0.4 is 11.5 Å². The number of hydrogen-bond acceptors (Lipinski definition) is 2. The molecule has 0 spiro atoms. The minimum Gasteiger partial charge on any atom is -0.368 e.